The maximum atomic E-state index is 12.6. The molecule has 0 unspecified atom stereocenters. The first kappa shape index (κ1) is 25.4. The highest BCUT2D eigenvalue weighted by Gasteiger charge is 2.11. The van der Waals surface area contributed by atoms with Crippen LogP contribution in [0.1, 0.15) is 16.8 Å². The Morgan fingerprint density at radius 3 is 2.47 bits per heavy atom. The van der Waals surface area contributed by atoms with Crippen LogP contribution in [-0.2, 0) is 13.1 Å². The van der Waals surface area contributed by atoms with Crippen LogP contribution in [0.4, 0.5) is 8.78 Å². The van der Waals surface area contributed by atoms with Gasteiger partial charge in [-0.15, -0.1) is 24.0 Å². The maximum absolute atomic E-state index is 12.6. The number of alkyl halides is 2. The number of rotatable bonds is 8. The number of hydrogen-bond donors (Lipinski definition) is 2. The Morgan fingerprint density at radius 1 is 1.09 bits per heavy atom. The highest BCUT2D eigenvalue weighted by atomic mass is 127. The monoisotopic (exact) mass is 557 g/mol. The van der Waals surface area contributed by atoms with Crippen LogP contribution >= 0.6 is 24.0 Å². The summed E-state index contributed by atoms with van der Waals surface area (Å²) in [6, 6.07) is 14.6. The first-order valence-electron chi connectivity index (χ1n) is 9.66. The molecule has 0 aliphatic carbocycles. The zero-order chi connectivity index (χ0) is 22.2. The Hall–Kier alpha value is -2.89. The van der Waals surface area contributed by atoms with Crippen LogP contribution in [0.2, 0.25) is 0 Å². The lowest BCUT2D eigenvalue weighted by Crippen LogP contribution is -2.36. The van der Waals surface area contributed by atoms with Crippen molar-refractivity contribution in [2.45, 2.75) is 26.6 Å². The summed E-state index contributed by atoms with van der Waals surface area (Å²) in [5.41, 5.74) is 3.30. The van der Waals surface area contributed by atoms with Gasteiger partial charge in [0.05, 0.1) is 25.0 Å². The lowest BCUT2D eigenvalue weighted by Gasteiger charge is -2.15. The fourth-order valence-electron chi connectivity index (χ4n) is 2.97. The van der Waals surface area contributed by atoms with Crippen LogP contribution < -0.4 is 20.1 Å². The Morgan fingerprint density at radius 2 is 1.81 bits per heavy atom. The van der Waals surface area contributed by atoms with E-state index in [0.29, 0.717) is 18.1 Å². The second-order valence-corrected chi connectivity index (χ2v) is 6.72. The number of ether oxygens (including phenoxy) is 2. The van der Waals surface area contributed by atoms with Crippen molar-refractivity contribution in [3.63, 3.8) is 0 Å². The van der Waals surface area contributed by atoms with E-state index in [9.17, 15) is 8.78 Å². The molecule has 3 rings (SSSR count). The van der Waals surface area contributed by atoms with Gasteiger partial charge in [-0.05, 0) is 43.3 Å². The van der Waals surface area contributed by atoms with Gasteiger partial charge in [-0.2, -0.15) is 13.9 Å². The molecule has 0 aliphatic heterocycles. The van der Waals surface area contributed by atoms with E-state index in [0.717, 1.165) is 22.7 Å². The zero-order valence-electron chi connectivity index (χ0n) is 18.0. The van der Waals surface area contributed by atoms with E-state index in [1.165, 1.54) is 0 Å². The summed E-state index contributed by atoms with van der Waals surface area (Å²) in [6.07, 6.45) is 1.87. The minimum atomic E-state index is -2.88. The van der Waals surface area contributed by atoms with E-state index in [4.69, 9.17) is 4.74 Å². The van der Waals surface area contributed by atoms with Crippen LogP contribution in [-0.4, -0.2) is 36.5 Å². The van der Waals surface area contributed by atoms with Crippen molar-refractivity contribution in [1.82, 2.24) is 20.4 Å². The second kappa shape index (κ2) is 12.2. The van der Waals surface area contributed by atoms with Crippen LogP contribution in [0.5, 0.6) is 11.5 Å². The second-order valence-electron chi connectivity index (χ2n) is 6.72. The molecule has 0 aliphatic rings. The molecule has 32 heavy (non-hydrogen) atoms. The number of aromatic nitrogens is 2. The van der Waals surface area contributed by atoms with Gasteiger partial charge in [0.15, 0.2) is 5.96 Å². The fourth-order valence-corrected chi connectivity index (χ4v) is 2.97. The van der Waals surface area contributed by atoms with Crippen molar-refractivity contribution in [1.29, 1.82) is 0 Å². The summed E-state index contributed by atoms with van der Waals surface area (Å²) in [5, 5.41) is 10.8. The van der Waals surface area contributed by atoms with Gasteiger partial charge in [0, 0.05) is 25.4 Å². The molecule has 3 aromatic rings. The SMILES string of the molecule is CN=C(NCc1ccn(-c2ccc(OC)cc2)n1)NCc1cc(C)ccc1OC(F)F.I. The van der Waals surface area contributed by atoms with Crippen LogP contribution in [0, 0.1) is 6.92 Å². The summed E-state index contributed by atoms with van der Waals surface area (Å²) in [4.78, 5) is 4.17. The third kappa shape index (κ3) is 7.08. The Kier molecular flexibility index (Phi) is 9.69. The van der Waals surface area contributed by atoms with Crippen molar-refractivity contribution in [2.75, 3.05) is 14.2 Å². The molecule has 0 saturated heterocycles. The third-order valence-corrected chi connectivity index (χ3v) is 4.52. The van der Waals surface area contributed by atoms with Crippen molar-refractivity contribution in [2.24, 2.45) is 4.99 Å². The topological polar surface area (TPSA) is 72.7 Å². The van der Waals surface area contributed by atoms with Gasteiger partial charge in [0.25, 0.3) is 0 Å². The number of benzene rings is 2. The third-order valence-electron chi connectivity index (χ3n) is 4.52. The smallest absolute Gasteiger partial charge is 0.387 e. The average molecular weight is 557 g/mol. The van der Waals surface area contributed by atoms with Crippen molar-refractivity contribution < 1.29 is 18.3 Å². The van der Waals surface area contributed by atoms with E-state index in [1.807, 2.05) is 43.5 Å². The molecule has 0 fully saturated rings. The molecule has 0 radical (unpaired) electrons. The molecule has 7 nitrogen and oxygen atoms in total. The number of guanidine groups is 1. The number of halogens is 3. The fraction of sp³-hybridized carbons (Fsp3) is 0.273. The lowest BCUT2D eigenvalue weighted by molar-refractivity contribution is -0.0504. The average Bonchev–Trinajstić information content (AvgIpc) is 3.24. The molecule has 0 saturated carbocycles. The predicted molar refractivity (Wildman–Crippen MR) is 130 cm³/mol. The standard InChI is InChI=1S/C22H25F2N5O2.HI/c1-15-4-9-20(31-21(23)24)16(12-15)13-26-22(25-2)27-14-17-10-11-29(28-17)18-5-7-19(30-3)8-6-18;/h4-12,21H,13-14H2,1-3H3,(H2,25,26,27);1H. The van der Waals surface area contributed by atoms with Crippen LogP contribution in [0.15, 0.2) is 59.7 Å². The van der Waals surface area contributed by atoms with Gasteiger partial charge >= 0.3 is 6.61 Å². The minimum absolute atomic E-state index is 0. The van der Waals surface area contributed by atoms with Gasteiger partial charge in [-0.1, -0.05) is 17.7 Å². The number of hydrogen-bond acceptors (Lipinski definition) is 4. The van der Waals surface area contributed by atoms with Crippen LogP contribution in [0.25, 0.3) is 5.69 Å². The van der Waals surface area contributed by atoms with Gasteiger partial charge in [0.2, 0.25) is 0 Å². The van der Waals surface area contributed by atoms with Crippen molar-refractivity contribution in [3.8, 4) is 17.2 Å². The molecule has 1 aromatic heterocycles. The predicted octanol–water partition coefficient (Wildman–Crippen LogP) is 4.27. The largest absolute Gasteiger partial charge is 0.497 e. The molecule has 0 amide bonds. The molecule has 0 atom stereocenters. The first-order valence-corrected chi connectivity index (χ1v) is 9.66. The molecular formula is C22H26F2IN5O2. The maximum Gasteiger partial charge on any atom is 0.387 e. The normalized spacial score (nSPS) is 11.1. The zero-order valence-corrected chi connectivity index (χ0v) is 20.3. The van der Waals surface area contributed by atoms with Gasteiger partial charge in [0.1, 0.15) is 11.5 Å². The highest BCUT2D eigenvalue weighted by Crippen LogP contribution is 2.22. The molecule has 2 N–H and O–H groups in total. The van der Waals surface area contributed by atoms with Gasteiger partial charge < -0.3 is 20.1 Å². The number of aryl methyl sites for hydroxylation is 1. The van der Waals surface area contributed by atoms with Gasteiger partial charge in [-0.3, -0.25) is 4.99 Å². The molecule has 1 heterocycles. The number of nitrogens with one attached hydrogen (secondary N) is 2. The minimum Gasteiger partial charge on any atom is -0.497 e. The molecule has 172 valence electrons. The Labute approximate surface area is 202 Å². The Balaban J connectivity index is 0.00000363. The quantitative estimate of drug-likeness (QED) is 0.246. The lowest BCUT2D eigenvalue weighted by atomic mass is 10.1. The summed E-state index contributed by atoms with van der Waals surface area (Å²) < 4.78 is 36.8. The van der Waals surface area contributed by atoms with E-state index in [2.05, 4.69) is 25.5 Å². The molecule has 0 spiro atoms. The van der Waals surface area contributed by atoms with E-state index in [-0.39, 0.29) is 36.3 Å². The summed E-state index contributed by atoms with van der Waals surface area (Å²) in [7, 11) is 3.26. The summed E-state index contributed by atoms with van der Waals surface area (Å²) in [5.74, 6) is 1.44. The molecular weight excluding hydrogens is 531 g/mol. The van der Waals surface area contributed by atoms with E-state index >= 15 is 0 Å². The van der Waals surface area contributed by atoms with E-state index in [1.54, 1.807) is 37.0 Å². The number of nitrogens with zero attached hydrogens (tertiary/aromatic N) is 3. The Bertz CT molecular complexity index is 1030. The van der Waals surface area contributed by atoms with Gasteiger partial charge in [-0.25, -0.2) is 4.68 Å². The van der Waals surface area contributed by atoms with E-state index < -0.39 is 6.61 Å². The number of aliphatic imine (C=N–C) groups is 1. The summed E-state index contributed by atoms with van der Waals surface area (Å²) in [6.45, 7) is -0.262. The summed E-state index contributed by atoms with van der Waals surface area (Å²) >= 11 is 0. The first-order chi connectivity index (χ1) is 15.0. The van der Waals surface area contributed by atoms with Crippen molar-refractivity contribution >= 4 is 29.9 Å². The van der Waals surface area contributed by atoms with Crippen LogP contribution in [0.3, 0.4) is 0 Å². The van der Waals surface area contributed by atoms with Crippen molar-refractivity contribution in [3.05, 3.63) is 71.5 Å². The molecule has 10 heteroatoms. The molecule has 0 bridgehead atoms. The molecule has 2 aromatic carbocycles. The highest BCUT2D eigenvalue weighted by molar-refractivity contribution is 14.0. The number of methoxy groups -OCH3 is 1.